The first-order chi connectivity index (χ1) is 15.8. The van der Waals surface area contributed by atoms with Gasteiger partial charge in [-0.25, -0.2) is 0 Å². The number of benzene rings is 2. The number of nitrogens with zero attached hydrogens (tertiary/aromatic N) is 3. The van der Waals surface area contributed by atoms with Gasteiger partial charge >= 0.3 is 0 Å². The molecule has 163 valence electrons. The monoisotopic (exact) mass is 622 g/mol. The number of thiophene rings is 1. The van der Waals surface area contributed by atoms with E-state index in [0.29, 0.717) is 0 Å². The Labute approximate surface area is 210 Å². The van der Waals surface area contributed by atoms with Crippen LogP contribution in [0.3, 0.4) is 0 Å². The largest absolute Gasteiger partial charge is 0.317 e. The Morgan fingerprint density at radius 3 is 2.27 bits per heavy atom. The molecule has 5 heteroatoms. The molecule has 4 heterocycles. The van der Waals surface area contributed by atoms with Crippen molar-refractivity contribution in [2.75, 3.05) is 0 Å². The van der Waals surface area contributed by atoms with Crippen molar-refractivity contribution in [3.05, 3.63) is 115 Å². The van der Waals surface area contributed by atoms with Gasteiger partial charge in [0, 0.05) is 37.2 Å². The quantitative estimate of drug-likeness (QED) is 0.193. The van der Waals surface area contributed by atoms with Crippen molar-refractivity contribution in [3.8, 4) is 22.6 Å². The van der Waals surface area contributed by atoms with Crippen LogP contribution in [0.5, 0.6) is 0 Å². The van der Waals surface area contributed by atoms with Gasteiger partial charge in [-0.15, -0.1) is 53.3 Å². The van der Waals surface area contributed by atoms with Crippen LogP contribution in [-0.2, 0) is 20.1 Å². The minimum absolute atomic E-state index is 0. The molecule has 6 aromatic rings. The molecule has 0 amide bonds. The molecule has 0 fully saturated rings. The molecular weight excluding hydrogens is 603 g/mol. The number of aromatic nitrogens is 3. The van der Waals surface area contributed by atoms with Crippen molar-refractivity contribution in [1.29, 1.82) is 0 Å². The zero-order valence-electron chi connectivity index (χ0n) is 17.8. The molecule has 0 aliphatic carbocycles. The zero-order chi connectivity index (χ0) is 21.8. The Bertz CT molecular complexity index is 1460. The molecule has 1 radical (unpaired) electrons. The first-order valence-electron chi connectivity index (χ1n) is 10.3. The van der Waals surface area contributed by atoms with E-state index in [0.717, 1.165) is 22.6 Å². The van der Waals surface area contributed by atoms with Gasteiger partial charge in [0.1, 0.15) is 0 Å². The summed E-state index contributed by atoms with van der Waals surface area (Å²) in [6.07, 6.45) is 5.57. The fourth-order valence-corrected chi connectivity index (χ4v) is 4.46. The van der Waals surface area contributed by atoms with Crippen molar-refractivity contribution in [2.24, 2.45) is 0 Å². The third kappa shape index (κ3) is 5.23. The van der Waals surface area contributed by atoms with Crippen LogP contribution in [0.1, 0.15) is 5.56 Å². The normalized spacial score (nSPS) is 10.3. The second kappa shape index (κ2) is 10.6. The molecule has 33 heavy (non-hydrogen) atoms. The number of fused-ring (bicyclic) bond motifs is 3. The number of pyridine rings is 3. The van der Waals surface area contributed by atoms with Crippen LogP contribution >= 0.6 is 11.3 Å². The molecule has 0 saturated carbocycles. The molecule has 0 saturated heterocycles. The standard InChI is InChI=1S/C16H9N2S.C12H10N.Ir/c1-2-7-15-11(5-1)12-9-14(18-10-16(12)19-15)13-6-3-4-8-17-13;1-10-7-8-12(13-9-10)11-5-3-2-4-6-11;/h1-5,7-10H;2-5,7-9H,1H3;/q2*-1;. The third-order valence-electron chi connectivity index (χ3n) is 5.01. The van der Waals surface area contributed by atoms with Crippen LogP contribution in [0.2, 0.25) is 0 Å². The molecular formula is C28H19IrN3S-2. The second-order valence-corrected chi connectivity index (χ2v) is 8.37. The van der Waals surface area contributed by atoms with Crippen LogP contribution in [-0.4, -0.2) is 15.0 Å². The van der Waals surface area contributed by atoms with E-state index in [-0.39, 0.29) is 20.1 Å². The summed E-state index contributed by atoms with van der Waals surface area (Å²) in [6, 6.07) is 32.5. The van der Waals surface area contributed by atoms with Gasteiger partial charge in [0.2, 0.25) is 0 Å². The van der Waals surface area contributed by atoms with Gasteiger partial charge in [-0.2, -0.15) is 12.1 Å². The van der Waals surface area contributed by atoms with Gasteiger partial charge in [-0.05, 0) is 52.6 Å². The second-order valence-electron chi connectivity index (χ2n) is 7.29. The van der Waals surface area contributed by atoms with Crippen LogP contribution in [0.25, 0.3) is 42.8 Å². The van der Waals surface area contributed by atoms with E-state index in [1.54, 1.807) is 17.5 Å². The van der Waals surface area contributed by atoms with Gasteiger partial charge in [0.25, 0.3) is 0 Å². The van der Waals surface area contributed by atoms with Crippen molar-refractivity contribution >= 4 is 31.5 Å². The Balaban J connectivity index is 0.000000164. The van der Waals surface area contributed by atoms with E-state index in [1.807, 2.05) is 61.8 Å². The summed E-state index contributed by atoms with van der Waals surface area (Å²) >= 11 is 1.77. The molecule has 0 atom stereocenters. The summed E-state index contributed by atoms with van der Waals surface area (Å²) < 4.78 is 2.50. The average Bonchev–Trinajstić information content (AvgIpc) is 3.24. The van der Waals surface area contributed by atoms with Crippen molar-refractivity contribution in [3.63, 3.8) is 0 Å². The maximum absolute atomic E-state index is 4.49. The van der Waals surface area contributed by atoms with E-state index in [1.165, 1.54) is 25.7 Å². The van der Waals surface area contributed by atoms with Gasteiger partial charge in [0.05, 0.1) is 4.70 Å². The predicted octanol–water partition coefficient (Wildman–Crippen LogP) is 7.17. The smallest absolute Gasteiger partial charge is 0.0515 e. The predicted molar refractivity (Wildman–Crippen MR) is 132 cm³/mol. The molecule has 6 rings (SSSR count). The molecule has 2 aromatic carbocycles. The molecule has 3 nitrogen and oxygen atoms in total. The van der Waals surface area contributed by atoms with Crippen LogP contribution in [0, 0.1) is 19.1 Å². The van der Waals surface area contributed by atoms with Crippen molar-refractivity contribution in [1.82, 2.24) is 15.0 Å². The van der Waals surface area contributed by atoms with E-state index in [9.17, 15) is 0 Å². The fourth-order valence-electron chi connectivity index (χ4n) is 3.41. The van der Waals surface area contributed by atoms with Crippen molar-refractivity contribution in [2.45, 2.75) is 6.92 Å². The Morgan fingerprint density at radius 1 is 0.697 bits per heavy atom. The Kier molecular flexibility index (Phi) is 7.36. The fraction of sp³-hybridized carbons (Fsp3) is 0.0357. The number of hydrogen-bond acceptors (Lipinski definition) is 4. The molecule has 0 spiro atoms. The van der Waals surface area contributed by atoms with E-state index < -0.39 is 0 Å². The van der Waals surface area contributed by atoms with Crippen LogP contribution < -0.4 is 0 Å². The summed E-state index contributed by atoms with van der Waals surface area (Å²) in [7, 11) is 0. The van der Waals surface area contributed by atoms with Gasteiger partial charge in [0.15, 0.2) is 0 Å². The first-order valence-corrected chi connectivity index (χ1v) is 11.1. The summed E-state index contributed by atoms with van der Waals surface area (Å²) in [5, 5.41) is 2.52. The summed E-state index contributed by atoms with van der Waals surface area (Å²) in [5.41, 5.74) is 4.87. The Morgan fingerprint density at radius 2 is 1.52 bits per heavy atom. The average molecular weight is 622 g/mol. The molecule has 0 aliphatic rings. The van der Waals surface area contributed by atoms with Gasteiger partial charge in [-0.1, -0.05) is 36.4 Å². The summed E-state index contributed by atoms with van der Waals surface area (Å²) in [4.78, 5) is 13.1. The molecule has 4 aromatic heterocycles. The van der Waals surface area contributed by atoms with Crippen molar-refractivity contribution < 1.29 is 20.1 Å². The number of aryl methyl sites for hydroxylation is 1. The SMILES string of the molecule is Cc1ccc(-c2[c-]cccc2)nc1.[Ir].[c-]1cccnc1-c1cc2c(cn1)sc1ccccc12. The minimum Gasteiger partial charge on any atom is -0.317 e. The first kappa shape index (κ1) is 22.9. The number of hydrogen-bond donors (Lipinski definition) is 0. The number of rotatable bonds is 2. The van der Waals surface area contributed by atoms with Gasteiger partial charge in [-0.3, -0.25) is 4.98 Å². The summed E-state index contributed by atoms with van der Waals surface area (Å²) in [6.45, 7) is 2.03. The summed E-state index contributed by atoms with van der Waals surface area (Å²) in [5.74, 6) is 0. The topological polar surface area (TPSA) is 38.7 Å². The molecule has 0 N–H and O–H groups in total. The van der Waals surface area contributed by atoms with E-state index in [2.05, 4.69) is 63.5 Å². The molecule has 0 aliphatic heterocycles. The maximum Gasteiger partial charge on any atom is 0.0515 e. The van der Waals surface area contributed by atoms with E-state index >= 15 is 0 Å². The zero-order valence-corrected chi connectivity index (χ0v) is 21.0. The van der Waals surface area contributed by atoms with Crippen LogP contribution in [0.4, 0.5) is 0 Å². The minimum atomic E-state index is 0. The Hall–Kier alpha value is -3.24. The molecule has 0 bridgehead atoms. The third-order valence-corrected chi connectivity index (χ3v) is 6.13. The van der Waals surface area contributed by atoms with Gasteiger partial charge < -0.3 is 9.97 Å². The molecule has 0 unspecified atom stereocenters. The maximum atomic E-state index is 4.49. The van der Waals surface area contributed by atoms with Crippen LogP contribution in [0.15, 0.2) is 97.5 Å². The van der Waals surface area contributed by atoms with E-state index in [4.69, 9.17) is 0 Å².